The highest BCUT2D eigenvalue weighted by atomic mass is 16.5. The number of carboxylic acid groups (broad SMARTS) is 5. The summed E-state index contributed by atoms with van der Waals surface area (Å²) >= 11 is 0. The number of benzene rings is 1. The molecule has 4 amide bonds. The number of amides is 4. The summed E-state index contributed by atoms with van der Waals surface area (Å²) in [5.74, 6) is -12.4. The maximum Gasteiger partial charge on any atom is 0.326 e. The Morgan fingerprint density at radius 2 is 1.42 bits per heavy atom. The molecule has 9 N–H and O–H groups in total. The molecule has 0 saturated carbocycles. The van der Waals surface area contributed by atoms with Crippen LogP contribution in [0.5, 0.6) is 5.75 Å². The normalized spacial score (nSPS) is 12.9. The van der Waals surface area contributed by atoms with Crippen LogP contribution in [0.4, 0.5) is 0 Å². The van der Waals surface area contributed by atoms with Crippen LogP contribution in [0.3, 0.4) is 0 Å². The summed E-state index contributed by atoms with van der Waals surface area (Å²) in [5.41, 5.74) is 6.60. The Morgan fingerprint density at radius 3 is 1.96 bits per heavy atom. The number of carbonyl (C=O) groups excluding carboxylic acids is 4. The number of aliphatic carboxylic acids is 5. The summed E-state index contributed by atoms with van der Waals surface area (Å²) in [4.78, 5) is 108. The molecule has 0 aliphatic rings. The van der Waals surface area contributed by atoms with E-state index in [-0.39, 0.29) is 39.0 Å². The van der Waals surface area contributed by atoms with Gasteiger partial charge in [-0.1, -0.05) is 12.1 Å². The van der Waals surface area contributed by atoms with Crippen LogP contribution in [-0.4, -0.2) is 103 Å². The molecule has 1 aromatic heterocycles. The monoisotopic (exact) mass is 776 g/mol. The predicted octanol–water partition coefficient (Wildman–Crippen LogP) is 0.591. The molecule has 0 aliphatic heterocycles. The molecule has 4 atom stereocenters. The maximum absolute atomic E-state index is 13.5. The Kier molecular flexibility index (Phi) is 18.3. The van der Waals surface area contributed by atoms with E-state index >= 15 is 0 Å². The van der Waals surface area contributed by atoms with Gasteiger partial charge in [0.05, 0.1) is 24.6 Å². The summed E-state index contributed by atoms with van der Waals surface area (Å²) in [6.07, 6.45) is -1.99. The zero-order valence-electron chi connectivity index (χ0n) is 29.6. The molecule has 2 aromatic rings. The highest BCUT2D eigenvalue weighted by Gasteiger charge is 2.35. The van der Waals surface area contributed by atoms with Gasteiger partial charge in [-0.25, -0.2) is 9.59 Å². The molecule has 2 unspecified atom stereocenters. The van der Waals surface area contributed by atoms with Crippen molar-refractivity contribution in [3.8, 4) is 5.75 Å². The van der Waals surface area contributed by atoms with E-state index in [0.29, 0.717) is 29.0 Å². The summed E-state index contributed by atoms with van der Waals surface area (Å²) in [6.45, 7) is 0.204. The fourth-order valence-corrected chi connectivity index (χ4v) is 5.55. The van der Waals surface area contributed by atoms with E-state index < -0.39 is 110 Å². The number of ether oxygens (including phenoxy) is 1. The average Bonchev–Trinajstić information content (AvgIpc) is 3.58. The van der Waals surface area contributed by atoms with Crippen molar-refractivity contribution in [3.63, 3.8) is 0 Å². The van der Waals surface area contributed by atoms with Crippen LogP contribution in [0.25, 0.3) is 0 Å². The number of carboxylic acids is 5. The number of nitrogens with zero attached hydrogens (tertiary/aromatic N) is 1. The molecule has 1 aromatic carbocycles. The van der Waals surface area contributed by atoms with Gasteiger partial charge in [0.2, 0.25) is 24.1 Å². The molecule has 20 heteroatoms. The van der Waals surface area contributed by atoms with E-state index in [1.54, 1.807) is 30.3 Å². The Hall–Kier alpha value is -6.47. The van der Waals surface area contributed by atoms with Gasteiger partial charge >= 0.3 is 29.8 Å². The number of hydrogen-bond acceptors (Lipinski definition) is 11. The van der Waals surface area contributed by atoms with Crippen molar-refractivity contribution in [1.82, 2.24) is 15.5 Å². The van der Waals surface area contributed by atoms with Crippen LogP contribution < -0.4 is 21.1 Å². The number of hydrogen-bond donors (Lipinski definition) is 8. The molecule has 1 heterocycles. The molecule has 0 spiro atoms. The van der Waals surface area contributed by atoms with Crippen molar-refractivity contribution in [3.05, 3.63) is 53.5 Å². The highest BCUT2D eigenvalue weighted by Crippen LogP contribution is 2.24. The second-order valence-corrected chi connectivity index (χ2v) is 12.4. The summed E-state index contributed by atoms with van der Waals surface area (Å²) in [6, 6.07) is 5.17. The zero-order chi connectivity index (χ0) is 41.1. The number of furan rings is 1. The number of carbonyl (C=O) groups is 9. The maximum atomic E-state index is 13.5. The van der Waals surface area contributed by atoms with Crippen molar-refractivity contribution in [2.75, 3.05) is 6.54 Å². The topological polar surface area (TPSA) is 330 Å². The van der Waals surface area contributed by atoms with Gasteiger partial charge in [0.25, 0.3) is 0 Å². The first kappa shape index (κ1) is 44.7. The van der Waals surface area contributed by atoms with Crippen LogP contribution in [0.15, 0.2) is 41.0 Å². The molecule has 0 bridgehead atoms. The third-order valence-electron chi connectivity index (χ3n) is 8.44. The quantitative estimate of drug-likeness (QED) is 0.0548. The van der Waals surface area contributed by atoms with E-state index in [2.05, 4.69) is 10.6 Å². The Bertz CT molecular complexity index is 1670. The van der Waals surface area contributed by atoms with Gasteiger partial charge < -0.3 is 56.0 Å². The van der Waals surface area contributed by atoms with Crippen LogP contribution in [0.2, 0.25) is 0 Å². The van der Waals surface area contributed by atoms with Crippen molar-refractivity contribution in [2.24, 2.45) is 17.6 Å². The van der Waals surface area contributed by atoms with Crippen LogP contribution in [0, 0.1) is 11.8 Å². The number of primary amides is 1. The molecular weight excluding hydrogens is 732 g/mol. The molecule has 300 valence electrons. The summed E-state index contributed by atoms with van der Waals surface area (Å²) < 4.78 is 11.1. The fourth-order valence-electron chi connectivity index (χ4n) is 5.55. The molecule has 0 fully saturated rings. The van der Waals surface area contributed by atoms with Gasteiger partial charge in [0.1, 0.15) is 30.2 Å². The SMILES string of the molecule is NC(=O)CC[C@@H](C(=O)O)N(CCc1ccc(OCc2coc(CNC=O)c2)cc1)C(=O)CC[C@H](NC(=O)CCC(C(=O)O)C(CCC(=O)O)C(=O)O)C(=O)O. The molecule has 20 nitrogen and oxygen atoms in total. The second-order valence-electron chi connectivity index (χ2n) is 12.4. The van der Waals surface area contributed by atoms with Gasteiger partial charge in [0.15, 0.2) is 0 Å². The third kappa shape index (κ3) is 16.0. The molecule has 0 aliphatic carbocycles. The van der Waals surface area contributed by atoms with E-state index in [1.807, 2.05) is 0 Å². The lowest BCUT2D eigenvalue weighted by molar-refractivity contribution is -0.155. The van der Waals surface area contributed by atoms with E-state index in [0.717, 1.165) is 4.90 Å². The van der Waals surface area contributed by atoms with Crippen molar-refractivity contribution < 1.29 is 77.8 Å². The zero-order valence-corrected chi connectivity index (χ0v) is 29.6. The summed E-state index contributed by atoms with van der Waals surface area (Å²) in [7, 11) is 0. The molecule has 55 heavy (non-hydrogen) atoms. The lowest BCUT2D eigenvalue weighted by Gasteiger charge is -2.29. The fraction of sp³-hybridized carbons (Fsp3) is 0.457. The van der Waals surface area contributed by atoms with Crippen LogP contribution in [0.1, 0.15) is 68.3 Å². The smallest absolute Gasteiger partial charge is 0.326 e. The van der Waals surface area contributed by atoms with E-state index in [1.165, 1.54) is 6.26 Å². The number of nitrogens with two attached hydrogens (primary N) is 1. The Morgan fingerprint density at radius 1 is 0.782 bits per heavy atom. The van der Waals surface area contributed by atoms with Gasteiger partial charge in [-0.05, 0) is 55.9 Å². The van der Waals surface area contributed by atoms with Gasteiger partial charge in [-0.3, -0.25) is 33.6 Å². The van der Waals surface area contributed by atoms with Gasteiger partial charge in [-0.2, -0.15) is 0 Å². The van der Waals surface area contributed by atoms with Gasteiger partial charge in [-0.15, -0.1) is 0 Å². The minimum absolute atomic E-state index is 0.134. The van der Waals surface area contributed by atoms with Gasteiger partial charge in [0, 0.05) is 37.8 Å². The first-order valence-electron chi connectivity index (χ1n) is 17.0. The largest absolute Gasteiger partial charge is 0.489 e. The summed E-state index contributed by atoms with van der Waals surface area (Å²) in [5, 5.41) is 52.2. The molecule has 2 rings (SSSR count). The third-order valence-corrected chi connectivity index (χ3v) is 8.44. The number of nitrogens with one attached hydrogen (secondary N) is 2. The first-order chi connectivity index (χ1) is 26.0. The lowest BCUT2D eigenvalue weighted by Crippen LogP contribution is -2.47. The standard InChI is InChI=1S/C35H44N4O16/c36-28(41)9-8-27(35(52)53)39(14-13-20-1-3-22(4-2-20)54-17-21-15-23(55-18-21)16-37-19-40)30(43)11-7-26(34(50)51)38-29(42)10-5-24(32(46)47)25(33(48)49)6-12-31(44)45/h1-4,15,18-19,24-27H,5-14,16-17H2,(H2,36,41)(H,37,40)(H,38,42)(H,44,45)(H,46,47)(H,48,49)(H,50,51)(H,52,53)/t24?,25?,26-,27-/m0/s1. The number of rotatable bonds is 28. The van der Waals surface area contributed by atoms with E-state index in [9.17, 15) is 63.6 Å². The minimum atomic E-state index is -1.69. The second kappa shape index (κ2) is 22.6. The molecule has 0 radical (unpaired) electrons. The lowest BCUT2D eigenvalue weighted by atomic mass is 9.85. The minimum Gasteiger partial charge on any atom is -0.489 e. The highest BCUT2D eigenvalue weighted by molar-refractivity contribution is 5.87. The predicted molar refractivity (Wildman–Crippen MR) is 185 cm³/mol. The van der Waals surface area contributed by atoms with Crippen molar-refractivity contribution >= 4 is 54.0 Å². The first-order valence-corrected chi connectivity index (χ1v) is 17.0. The van der Waals surface area contributed by atoms with Crippen LogP contribution in [-0.2, 0) is 62.7 Å². The Balaban J connectivity index is 2.10. The van der Waals surface area contributed by atoms with Crippen molar-refractivity contribution in [1.29, 1.82) is 0 Å². The van der Waals surface area contributed by atoms with Crippen molar-refractivity contribution in [2.45, 2.75) is 83.0 Å². The molecular formula is C35H44N4O16. The van der Waals surface area contributed by atoms with Crippen LogP contribution >= 0.6 is 0 Å². The average molecular weight is 777 g/mol. The Labute approximate surface area is 313 Å². The molecule has 0 saturated heterocycles. The van der Waals surface area contributed by atoms with E-state index in [4.69, 9.17) is 20.0 Å².